The zero-order valence-corrected chi connectivity index (χ0v) is 7.94. The summed E-state index contributed by atoms with van der Waals surface area (Å²) in [4.78, 5) is 3.95. The van der Waals surface area contributed by atoms with Crippen LogP contribution in [0.4, 0.5) is 5.69 Å². The number of hydrogen-bond donors (Lipinski definition) is 2. The van der Waals surface area contributed by atoms with Crippen molar-refractivity contribution in [3.63, 3.8) is 0 Å². The van der Waals surface area contributed by atoms with Gasteiger partial charge in [-0.1, -0.05) is 0 Å². The Morgan fingerprint density at radius 3 is 3.20 bits per heavy atom. The van der Waals surface area contributed by atoms with Crippen molar-refractivity contribution < 1.29 is 0 Å². The second kappa shape index (κ2) is 4.24. The van der Waals surface area contributed by atoms with E-state index in [1.54, 1.807) is 24.7 Å². The second-order valence-corrected chi connectivity index (χ2v) is 2.97. The van der Waals surface area contributed by atoms with Gasteiger partial charge in [-0.3, -0.25) is 5.10 Å². The fourth-order valence-electron chi connectivity index (χ4n) is 1.21. The maximum absolute atomic E-state index is 8.80. The molecule has 2 rings (SSSR count). The second-order valence-electron chi connectivity index (χ2n) is 2.97. The van der Waals surface area contributed by atoms with Crippen molar-refractivity contribution in [2.75, 3.05) is 5.32 Å². The first-order valence-electron chi connectivity index (χ1n) is 4.47. The lowest BCUT2D eigenvalue weighted by molar-refractivity contribution is 1.09. The lowest BCUT2D eigenvalue weighted by Gasteiger charge is -2.04. The molecule has 2 N–H and O–H groups in total. The molecule has 15 heavy (non-hydrogen) atoms. The highest BCUT2D eigenvalue weighted by molar-refractivity contribution is 5.53. The van der Waals surface area contributed by atoms with Crippen LogP contribution in [0, 0.1) is 11.3 Å². The van der Waals surface area contributed by atoms with E-state index in [4.69, 9.17) is 5.26 Å². The Balaban J connectivity index is 2.08. The smallest absolute Gasteiger partial charge is 0.163 e. The van der Waals surface area contributed by atoms with Gasteiger partial charge in [-0.15, -0.1) is 0 Å². The van der Waals surface area contributed by atoms with Crippen LogP contribution >= 0.6 is 0 Å². The zero-order valence-electron chi connectivity index (χ0n) is 7.94. The molecule has 0 unspecified atom stereocenters. The molecule has 5 heteroatoms. The average Bonchev–Trinajstić information content (AvgIpc) is 2.79. The van der Waals surface area contributed by atoms with Crippen LogP contribution in [0.2, 0.25) is 0 Å². The molecule has 0 saturated carbocycles. The van der Waals surface area contributed by atoms with E-state index in [-0.39, 0.29) is 0 Å². The number of H-pyrrole nitrogens is 1. The van der Waals surface area contributed by atoms with Crippen LogP contribution in [0.15, 0.2) is 30.7 Å². The van der Waals surface area contributed by atoms with E-state index >= 15 is 0 Å². The van der Waals surface area contributed by atoms with Gasteiger partial charge in [-0.05, 0) is 12.1 Å². The third-order valence-electron chi connectivity index (χ3n) is 1.95. The number of nitriles is 1. The summed E-state index contributed by atoms with van der Waals surface area (Å²) in [7, 11) is 0. The molecule has 0 saturated heterocycles. The van der Waals surface area contributed by atoms with Crippen molar-refractivity contribution in [2.45, 2.75) is 6.54 Å². The largest absolute Gasteiger partial charge is 0.378 e. The summed E-state index contributed by atoms with van der Waals surface area (Å²) in [5.41, 5.74) is 2.17. The molecule has 74 valence electrons. The van der Waals surface area contributed by atoms with Crippen molar-refractivity contribution in [3.8, 4) is 6.07 Å². The topological polar surface area (TPSA) is 77.4 Å². The van der Waals surface area contributed by atoms with Crippen LogP contribution in [-0.4, -0.2) is 15.2 Å². The summed E-state index contributed by atoms with van der Waals surface area (Å²) in [6.07, 6.45) is 5.13. The first-order chi connectivity index (χ1) is 7.40. The molecule has 0 atom stereocenters. The number of rotatable bonds is 3. The van der Waals surface area contributed by atoms with Gasteiger partial charge in [0.25, 0.3) is 0 Å². The Hall–Kier alpha value is -2.35. The lowest BCUT2D eigenvalue weighted by atomic mass is 10.3. The predicted molar refractivity (Wildman–Crippen MR) is 54.9 cm³/mol. The number of nitrogens with one attached hydrogen (secondary N) is 2. The van der Waals surface area contributed by atoms with Gasteiger partial charge in [-0.25, -0.2) is 4.98 Å². The first-order valence-corrected chi connectivity index (χ1v) is 4.47. The van der Waals surface area contributed by atoms with Gasteiger partial charge < -0.3 is 5.32 Å². The van der Waals surface area contributed by atoms with E-state index in [9.17, 15) is 0 Å². The van der Waals surface area contributed by atoms with Gasteiger partial charge in [0, 0.05) is 24.5 Å². The van der Waals surface area contributed by atoms with Crippen molar-refractivity contribution in [2.24, 2.45) is 0 Å². The van der Waals surface area contributed by atoms with Gasteiger partial charge in [0.05, 0.1) is 11.9 Å². The van der Waals surface area contributed by atoms with E-state index in [1.165, 1.54) is 0 Å². The van der Waals surface area contributed by atoms with Crippen LogP contribution in [0.3, 0.4) is 0 Å². The summed E-state index contributed by atoms with van der Waals surface area (Å²) in [6, 6.07) is 5.64. The molecule has 2 aromatic heterocycles. The monoisotopic (exact) mass is 199 g/mol. The van der Waals surface area contributed by atoms with Crippen LogP contribution in [0.25, 0.3) is 0 Å². The van der Waals surface area contributed by atoms with Gasteiger partial charge in [-0.2, -0.15) is 10.4 Å². The van der Waals surface area contributed by atoms with Crippen molar-refractivity contribution >= 4 is 5.69 Å². The summed E-state index contributed by atoms with van der Waals surface area (Å²) in [5, 5.41) is 18.5. The van der Waals surface area contributed by atoms with E-state index in [0.29, 0.717) is 12.2 Å². The van der Waals surface area contributed by atoms with Crippen LogP contribution in [0.1, 0.15) is 11.3 Å². The SMILES string of the molecule is N#Cc1ncccc1NCc1cn[nH]c1. The quantitative estimate of drug-likeness (QED) is 0.780. The minimum absolute atomic E-state index is 0.404. The molecule has 2 heterocycles. The summed E-state index contributed by atoms with van der Waals surface area (Å²) in [6.45, 7) is 0.622. The third kappa shape index (κ3) is 2.11. The molecule has 0 bridgehead atoms. The van der Waals surface area contributed by atoms with Crippen LogP contribution in [0.5, 0.6) is 0 Å². The molecule has 0 amide bonds. The highest BCUT2D eigenvalue weighted by atomic mass is 15.1. The molecule has 2 aromatic rings. The molecular formula is C10H9N5. The van der Waals surface area contributed by atoms with Gasteiger partial charge in [0.15, 0.2) is 5.69 Å². The Morgan fingerprint density at radius 1 is 1.53 bits per heavy atom. The predicted octanol–water partition coefficient (Wildman–Crippen LogP) is 1.29. The van der Waals surface area contributed by atoms with Gasteiger partial charge in [0.2, 0.25) is 0 Å². The van der Waals surface area contributed by atoms with E-state index in [0.717, 1.165) is 11.3 Å². The van der Waals surface area contributed by atoms with Crippen molar-refractivity contribution in [3.05, 3.63) is 42.0 Å². The van der Waals surface area contributed by atoms with Crippen molar-refractivity contribution in [1.82, 2.24) is 15.2 Å². The number of aromatic amines is 1. The number of nitrogens with zero attached hydrogens (tertiary/aromatic N) is 3. The van der Waals surface area contributed by atoms with Gasteiger partial charge >= 0.3 is 0 Å². The molecule has 0 aliphatic carbocycles. The minimum atomic E-state index is 0.404. The number of aromatic nitrogens is 3. The molecule has 0 aliphatic rings. The summed E-state index contributed by atoms with van der Waals surface area (Å²) < 4.78 is 0. The van der Waals surface area contributed by atoms with Crippen LogP contribution < -0.4 is 5.32 Å². The Bertz CT molecular complexity index is 469. The first kappa shape index (κ1) is 9.21. The molecule has 0 spiro atoms. The maximum atomic E-state index is 8.80. The summed E-state index contributed by atoms with van der Waals surface area (Å²) >= 11 is 0. The normalized spacial score (nSPS) is 9.53. The average molecular weight is 199 g/mol. The molecule has 0 aromatic carbocycles. The number of anilines is 1. The van der Waals surface area contributed by atoms with Crippen LogP contribution in [-0.2, 0) is 6.54 Å². The van der Waals surface area contributed by atoms with E-state index < -0.39 is 0 Å². The number of hydrogen-bond acceptors (Lipinski definition) is 4. The highest BCUT2D eigenvalue weighted by Crippen LogP contribution is 2.11. The van der Waals surface area contributed by atoms with E-state index in [1.807, 2.05) is 12.1 Å². The maximum Gasteiger partial charge on any atom is 0.163 e. The Labute approximate surface area is 86.8 Å². The molecular weight excluding hydrogens is 190 g/mol. The number of pyridine rings is 1. The van der Waals surface area contributed by atoms with Crippen molar-refractivity contribution in [1.29, 1.82) is 5.26 Å². The molecule has 5 nitrogen and oxygen atoms in total. The Kier molecular flexibility index (Phi) is 2.61. The standard InChI is InChI=1S/C10H9N5/c11-4-10-9(2-1-3-12-10)13-5-8-6-14-15-7-8/h1-3,6-7,13H,5H2,(H,14,15). The Morgan fingerprint density at radius 2 is 2.47 bits per heavy atom. The minimum Gasteiger partial charge on any atom is -0.378 e. The molecule has 0 radical (unpaired) electrons. The van der Waals surface area contributed by atoms with Gasteiger partial charge in [0.1, 0.15) is 6.07 Å². The fourth-order valence-corrected chi connectivity index (χ4v) is 1.21. The third-order valence-corrected chi connectivity index (χ3v) is 1.95. The molecule has 0 fully saturated rings. The van der Waals surface area contributed by atoms with E-state index in [2.05, 4.69) is 20.5 Å². The molecule has 0 aliphatic heterocycles. The zero-order chi connectivity index (χ0) is 10.5. The summed E-state index contributed by atoms with van der Waals surface area (Å²) in [5.74, 6) is 0. The highest BCUT2D eigenvalue weighted by Gasteiger charge is 2.01. The fraction of sp³-hybridized carbons (Fsp3) is 0.100. The lowest BCUT2D eigenvalue weighted by Crippen LogP contribution is -2.01.